The fraction of sp³-hybridized carbons (Fsp3) is 0.500. The molecule has 2 rings (SSSR count). The summed E-state index contributed by atoms with van der Waals surface area (Å²) in [6, 6.07) is 2.44. The Bertz CT molecular complexity index is 331. The number of aryl methyl sites for hydroxylation is 1. The quantitative estimate of drug-likeness (QED) is 0.673. The second kappa shape index (κ2) is 3.14. The fourth-order valence-corrected chi connectivity index (χ4v) is 2.42. The molecule has 1 saturated heterocycles. The van der Waals surface area contributed by atoms with Crippen molar-refractivity contribution in [3.05, 3.63) is 21.9 Å². The van der Waals surface area contributed by atoms with Crippen LogP contribution >= 0.6 is 11.3 Å². The highest BCUT2D eigenvalue weighted by atomic mass is 32.1. The van der Waals surface area contributed by atoms with Crippen molar-refractivity contribution in [2.75, 3.05) is 6.54 Å². The maximum atomic E-state index is 11.9. The van der Waals surface area contributed by atoms with Crippen molar-refractivity contribution in [3.63, 3.8) is 0 Å². The van der Waals surface area contributed by atoms with Crippen LogP contribution in [0.15, 0.2) is 11.4 Å². The highest BCUT2D eigenvalue weighted by Crippen LogP contribution is 2.24. The van der Waals surface area contributed by atoms with E-state index in [0.717, 1.165) is 23.4 Å². The molecule has 1 aromatic heterocycles. The number of nitrogens with zero attached hydrogens (tertiary/aromatic N) is 1. The van der Waals surface area contributed by atoms with Crippen LogP contribution in [0.4, 0.5) is 0 Å². The third kappa shape index (κ3) is 1.37. The zero-order valence-corrected chi connectivity index (χ0v) is 8.73. The molecule has 3 heteroatoms. The van der Waals surface area contributed by atoms with Crippen LogP contribution in [0.2, 0.25) is 0 Å². The average Bonchev–Trinajstić information content (AvgIpc) is 2.48. The molecular weight excluding hydrogens is 182 g/mol. The predicted molar refractivity (Wildman–Crippen MR) is 54.2 cm³/mol. The molecule has 13 heavy (non-hydrogen) atoms. The minimum absolute atomic E-state index is 0.214. The Labute approximate surface area is 82.2 Å². The third-order valence-corrected chi connectivity index (χ3v) is 3.64. The van der Waals surface area contributed by atoms with Gasteiger partial charge in [-0.05, 0) is 37.3 Å². The molecule has 0 radical (unpaired) electrons. The van der Waals surface area contributed by atoms with Crippen molar-refractivity contribution in [1.82, 2.24) is 4.90 Å². The first-order valence-electron chi connectivity index (χ1n) is 4.55. The predicted octanol–water partition coefficient (Wildman–Crippen LogP) is 2.29. The van der Waals surface area contributed by atoms with Crippen LogP contribution in [0.1, 0.15) is 28.6 Å². The Morgan fingerprint density at radius 3 is 2.85 bits per heavy atom. The van der Waals surface area contributed by atoms with E-state index in [1.54, 1.807) is 11.3 Å². The summed E-state index contributed by atoms with van der Waals surface area (Å²) in [6.45, 7) is 5.02. The van der Waals surface area contributed by atoms with Gasteiger partial charge in [0.25, 0.3) is 5.91 Å². The highest BCUT2D eigenvalue weighted by molar-refractivity contribution is 7.12. The van der Waals surface area contributed by atoms with E-state index in [1.807, 2.05) is 23.3 Å². The van der Waals surface area contributed by atoms with E-state index < -0.39 is 0 Å². The van der Waals surface area contributed by atoms with Gasteiger partial charge in [-0.15, -0.1) is 11.3 Å². The van der Waals surface area contributed by atoms with Gasteiger partial charge in [0.2, 0.25) is 0 Å². The van der Waals surface area contributed by atoms with E-state index in [-0.39, 0.29) is 5.91 Å². The van der Waals surface area contributed by atoms with Gasteiger partial charge >= 0.3 is 0 Å². The van der Waals surface area contributed by atoms with Crippen LogP contribution in [0.25, 0.3) is 0 Å². The van der Waals surface area contributed by atoms with Crippen molar-refractivity contribution < 1.29 is 4.79 Å². The smallest absolute Gasteiger partial charge is 0.264 e. The van der Waals surface area contributed by atoms with Crippen LogP contribution in [0.3, 0.4) is 0 Å². The maximum absolute atomic E-state index is 11.9. The van der Waals surface area contributed by atoms with E-state index in [1.165, 1.54) is 0 Å². The van der Waals surface area contributed by atoms with Gasteiger partial charge in [-0.25, -0.2) is 0 Å². The van der Waals surface area contributed by atoms with Gasteiger partial charge in [0.15, 0.2) is 0 Å². The second-order valence-electron chi connectivity index (χ2n) is 3.57. The van der Waals surface area contributed by atoms with Gasteiger partial charge in [0.1, 0.15) is 0 Å². The highest BCUT2D eigenvalue weighted by Gasteiger charge is 2.30. The monoisotopic (exact) mass is 195 g/mol. The van der Waals surface area contributed by atoms with Crippen molar-refractivity contribution in [2.45, 2.75) is 26.3 Å². The molecule has 0 aromatic carbocycles. The Hall–Kier alpha value is -0.830. The number of rotatable bonds is 1. The van der Waals surface area contributed by atoms with E-state index in [9.17, 15) is 4.79 Å². The molecule has 1 atom stereocenters. The van der Waals surface area contributed by atoms with Crippen LogP contribution in [-0.2, 0) is 0 Å². The molecular formula is C10H13NOS. The van der Waals surface area contributed by atoms with Crippen LogP contribution < -0.4 is 0 Å². The van der Waals surface area contributed by atoms with E-state index in [4.69, 9.17) is 0 Å². The van der Waals surface area contributed by atoms with Crippen LogP contribution in [0, 0.1) is 6.92 Å². The number of thiophene rings is 1. The van der Waals surface area contributed by atoms with Crippen molar-refractivity contribution in [2.24, 2.45) is 0 Å². The molecule has 1 aliphatic rings. The van der Waals surface area contributed by atoms with Crippen molar-refractivity contribution in [3.8, 4) is 0 Å². The third-order valence-electron chi connectivity index (χ3n) is 2.64. The van der Waals surface area contributed by atoms with Gasteiger partial charge in [-0.1, -0.05) is 0 Å². The number of likely N-dealkylation sites (tertiary alicyclic amines) is 1. The fourth-order valence-electron chi connectivity index (χ4n) is 1.54. The Morgan fingerprint density at radius 1 is 1.69 bits per heavy atom. The van der Waals surface area contributed by atoms with Gasteiger partial charge in [-0.2, -0.15) is 0 Å². The first-order chi connectivity index (χ1) is 6.20. The van der Waals surface area contributed by atoms with Gasteiger partial charge in [-0.3, -0.25) is 4.79 Å². The summed E-state index contributed by atoms with van der Waals surface area (Å²) in [5, 5.41) is 1.98. The summed E-state index contributed by atoms with van der Waals surface area (Å²) in [6.07, 6.45) is 1.15. The standard InChI is InChI=1S/C10H13NOS/c1-7-4-6-13-9(7)10(12)11-5-3-8(11)2/h4,6,8H,3,5H2,1-2H3. The lowest BCUT2D eigenvalue weighted by molar-refractivity contribution is 0.0507. The average molecular weight is 195 g/mol. The summed E-state index contributed by atoms with van der Waals surface area (Å²) < 4.78 is 0. The Morgan fingerprint density at radius 2 is 2.46 bits per heavy atom. The molecule has 1 aromatic rings. The molecule has 2 heterocycles. The molecule has 1 amide bonds. The van der Waals surface area contributed by atoms with Crippen LogP contribution in [0.5, 0.6) is 0 Å². The lowest BCUT2D eigenvalue weighted by Gasteiger charge is -2.38. The number of hydrogen-bond acceptors (Lipinski definition) is 2. The van der Waals surface area contributed by atoms with E-state index in [2.05, 4.69) is 6.92 Å². The molecule has 0 spiro atoms. The number of carbonyl (C=O) groups excluding carboxylic acids is 1. The SMILES string of the molecule is Cc1ccsc1C(=O)N1CCC1C. The van der Waals surface area contributed by atoms with Gasteiger partial charge in [0.05, 0.1) is 4.88 Å². The second-order valence-corrected chi connectivity index (χ2v) is 4.49. The lowest BCUT2D eigenvalue weighted by atomic mass is 10.0. The Balaban J connectivity index is 2.18. The van der Waals surface area contributed by atoms with E-state index >= 15 is 0 Å². The summed E-state index contributed by atoms with van der Waals surface area (Å²) in [5.41, 5.74) is 1.11. The number of amides is 1. The number of hydrogen-bond donors (Lipinski definition) is 0. The van der Waals surface area contributed by atoms with Crippen molar-refractivity contribution >= 4 is 17.2 Å². The molecule has 0 N–H and O–H groups in total. The molecule has 0 saturated carbocycles. The van der Waals surface area contributed by atoms with E-state index in [0.29, 0.717) is 6.04 Å². The molecule has 0 bridgehead atoms. The first kappa shape index (κ1) is 8.75. The van der Waals surface area contributed by atoms with Crippen LogP contribution in [-0.4, -0.2) is 23.4 Å². The normalized spacial score (nSPS) is 21.4. The maximum Gasteiger partial charge on any atom is 0.264 e. The van der Waals surface area contributed by atoms with Crippen molar-refractivity contribution in [1.29, 1.82) is 0 Å². The molecule has 1 fully saturated rings. The topological polar surface area (TPSA) is 20.3 Å². The molecule has 1 unspecified atom stereocenters. The van der Waals surface area contributed by atoms with Gasteiger partial charge < -0.3 is 4.90 Å². The summed E-state index contributed by atoms with van der Waals surface area (Å²) in [5.74, 6) is 0.214. The minimum Gasteiger partial charge on any atom is -0.335 e. The first-order valence-corrected chi connectivity index (χ1v) is 5.43. The minimum atomic E-state index is 0.214. The Kier molecular flexibility index (Phi) is 2.12. The molecule has 0 aliphatic carbocycles. The largest absolute Gasteiger partial charge is 0.335 e. The summed E-state index contributed by atoms with van der Waals surface area (Å²) in [4.78, 5) is 14.7. The lowest BCUT2D eigenvalue weighted by Crippen LogP contribution is -2.49. The molecule has 2 nitrogen and oxygen atoms in total. The zero-order chi connectivity index (χ0) is 9.42. The summed E-state index contributed by atoms with van der Waals surface area (Å²) >= 11 is 1.55. The summed E-state index contributed by atoms with van der Waals surface area (Å²) in [7, 11) is 0. The van der Waals surface area contributed by atoms with Gasteiger partial charge in [0, 0.05) is 12.6 Å². The molecule has 70 valence electrons. The zero-order valence-electron chi connectivity index (χ0n) is 7.91. The molecule has 1 aliphatic heterocycles. The number of carbonyl (C=O) groups is 1.